The van der Waals surface area contributed by atoms with Crippen molar-refractivity contribution in [2.24, 2.45) is 0 Å². The number of carboxylic acid groups (broad SMARTS) is 2. The molecule has 0 aliphatic rings. The third kappa shape index (κ3) is 6.64. The number of hydrogen-bond acceptors (Lipinski definition) is 4. The second-order valence-corrected chi connectivity index (χ2v) is 8.89. The lowest BCUT2D eigenvalue weighted by molar-refractivity contribution is 0.0679. The van der Waals surface area contributed by atoms with E-state index in [2.05, 4.69) is 63.7 Å². The molecule has 12 heteroatoms. The van der Waals surface area contributed by atoms with Gasteiger partial charge in [0.2, 0.25) is 0 Å². The van der Waals surface area contributed by atoms with Crippen LogP contribution >= 0.6 is 86.9 Å². The molecule has 0 radical (unpaired) electrons. The van der Waals surface area contributed by atoms with Crippen LogP contribution in [0.4, 0.5) is 0 Å². The highest BCUT2D eigenvalue weighted by Crippen LogP contribution is 2.28. The number of carbonyl (C=O) groups excluding carboxylic acids is 2. The molecule has 0 aliphatic carbocycles. The quantitative estimate of drug-likeness (QED) is 0.353. The fourth-order valence-corrected chi connectivity index (χ4v) is 4.34. The van der Waals surface area contributed by atoms with Gasteiger partial charge < -0.3 is 10.2 Å². The van der Waals surface area contributed by atoms with Gasteiger partial charge in [-0.2, -0.15) is 0 Å². The predicted molar refractivity (Wildman–Crippen MR) is 118 cm³/mol. The second kappa shape index (κ2) is 10.8. The monoisotopic (exact) mass is 680 g/mol. The molecule has 0 amide bonds. The first kappa shape index (κ1) is 25.3. The van der Waals surface area contributed by atoms with Crippen molar-refractivity contribution in [3.8, 4) is 0 Å². The Morgan fingerprint density at radius 2 is 0.786 bits per heavy atom. The first-order chi connectivity index (χ1) is 12.9. The van der Waals surface area contributed by atoms with Crippen LogP contribution in [0.25, 0.3) is 0 Å². The molecule has 0 aromatic heterocycles. The number of rotatable bonds is 4. The van der Waals surface area contributed by atoms with Gasteiger partial charge in [0.15, 0.2) is 0 Å². The molecule has 0 spiro atoms. The first-order valence-electron chi connectivity index (χ1n) is 6.71. The summed E-state index contributed by atoms with van der Waals surface area (Å²) >= 11 is 22.8. The topological polar surface area (TPSA) is 109 Å². The molecule has 0 bridgehead atoms. The molecule has 2 aromatic rings. The van der Waals surface area contributed by atoms with Gasteiger partial charge in [-0.15, -0.1) is 0 Å². The highest BCUT2D eigenvalue weighted by Gasteiger charge is 2.16. The average molecular weight is 685 g/mol. The summed E-state index contributed by atoms with van der Waals surface area (Å²) < 4.78 is 1.35. The molecule has 0 aliphatic heterocycles. The van der Waals surface area contributed by atoms with Crippen LogP contribution in [0.5, 0.6) is 0 Å². The first-order valence-corrected chi connectivity index (χ1v) is 10.6. The molecular weight excluding hydrogens is 679 g/mol. The van der Waals surface area contributed by atoms with Crippen LogP contribution in [-0.2, 0) is 0 Å². The Bertz CT molecular complexity index is 835. The summed E-state index contributed by atoms with van der Waals surface area (Å²) in [6.07, 6.45) is 0. The maximum atomic E-state index is 10.9. The third-order valence-corrected chi connectivity index (χ3v) is 6.03. The van der Waals surface area contributed by atoms with Crippen molar-refractivity contribution in [1.82, 2.24) is 0 Å². The van der Waals surface area contributed by atoms with Gasteiger partial charge in [0.05, 0.1) is 11.1 Å². The van der Waals surface area contributed by atoms with E-state index in [4.69, 9.17) is 33.4 Å². The summed E-state index contributed by atoms with van der Waals surface area (Å²) in [5.41, 5.74) is 0.587. The molecule has 6 nitrogen and oxygen atoms in total. The Hall–Kier alpha value is -0.780. The predicted octanol–water partition coefficient (Wildman–Crippen LogP) is 6.58. The van der Waals surface area contributed by atoms with Crippen LogP contribution in [0.2, 0.25) is 0 Å². The Balaban J connectivity index is 0.000000280. The van der Waals surface area contributed by atoms with E-state index in [1.54, 1.807) is 0 Å². The zero-order valence-electron chi connectivity index (χ0n) is 13.1. The Morgan fingerprint density at radius 3 is 1.00 bits per heavy atom. The summed E-state index contributed by atoms with van der Waals surface area (Å²) in [6, 6.07) is 5.37. The second-order valence-electron chi connectivity index (χ2n) is 4.78. The van der Waals surface area contributed by atoms with Gasteiger partial charge in [0.1, 0.15) is 0 Å². The van der Waals surface area contributed by atoms with Crippen molar-refractivity contribution in [3.63, 3.8) is 0 Å². The Kier molecular flexibility index (Phi) is 9.78. The maximum absolute atomic E-state index is 10.9. The molecule has 148 valence electrons. The van der Waals surface area contributed by atoms with E-state index in [-0.39, 0.29) is 31.2 Å². The summed E-state index contributed by atoms with van der Waals surface area (Å²) in [5, 5.41) is 16.2. The maximum Gasteiger partial charge on any atom is 0.336 e. The lowest BCUT2D eigenvalue weighted by atomic mass is 10.1. The van der Waals surface area contributed by atoms with Gasteiger partial charge in [-0.1, -0.05) is 0 Å². The largest absolute Gasteiger partial charge is 0.478 e. The molecule has 0 saturated heterocycles. The van der Waals surface area contributed by atoms with Crippen molar-refractivity contribution >= 4 is 109 Å². The number of hydrogen-bond donors (Lipinski definition) is 2. The lowest BCUT2D eigenvalue weighted by Gasteiger charge is -2.03. The van der Waals surface area contributed by atoms with Crippen LogP contribution in [0, 0.1) is 0 Å². The zero-order chi connectivity index (χ0) is 21.8. The van der Waals surface area contributed by atoms with Gasteiger partial charge in [-0.25, -0.2) is 9.59 Å². The van der Waals surface area contributed by atoms with Crippen LogP contribution in [0.1, 0.15) is 41.4 Å². The fourth-order valence-electron chi connectivity index (χ4n) is 1.72. The zero-order valence-corrected chi connectivity index (χ0v) is 21.0. The van der Waals surface area contributed by atoms with Crippen molar-refractivity contribution in [3.05, 3.63) is 64.4 Å². The fraction of sp³-hybridized carbons (Fsp3) is 0. The highest BCUT2D eigenvalue weighted by atomic mass is 79.9. The number of halogens is 6. The molecule has 0 unspecified atom stereocenters. The lowest BCUT2D eigenvalue weighted by Crippen LogP contribution is -2.03. The summed E-state index contributed by atoms with van der Waals surface area (Å²) in [6.45, 7) is 0. The smallest absolute Gasteiger partial charge is 0.336 e. The normalized spacial score (nSPS) is 9.93. The highest BCUT2D eigenvalue weighted by molar-refractivity contribution is 9.11. The van der Waals surface area contributed by atoms with Gasteiger partial charge in [-0.05, 0) is 111 Å². The van der Waals surface area contributed by atoms with Crippen molar-refractivity contribution < 1.29 is 29.4 Å². The van der Waals surface area contributed by atoms with Crippen molar-refractivity contribution in [2.45, 2.75) is 0 Å². The van der Waals surface area contributed by atoms with Crippen LogP contribution < -0.4 is 0 Å². The number of aromatic carboxylic acids is 2. The minimum absolute atomic E-state index is 0.0156. The summed E-state index contributed by atoms with van der Waals surface area (Å²) in [4.78, 5) is 43.1. The van der Waals surface area contributed by atoms with Crippen LogP contribution in [0.3, 0.4) is 0 Å². The standard InChI is InChI=1S/C8H2Br2Cl2O2.C8H4Br2O4/c9-5-1-3(7(11)13)6(10)2-4(5)8(12)14;9-5-1-3(7(11)12)6(10)2-4(5)8(13)14/h1-2H;1-2H,(H,11,12)(H,13,14). The van der Waals surface area contributed by atoms with Crippen molar-refractivity contribution in [2.75, 3.05) is 0 Å². The van der Waals surface area contributed by atoms with Crippen LogP contribution in [0.15, 0.2) is 42.2 Å². The van der Waals surface area contributed by atoms with Gasteiger partial charge in [0.25, 0.3) is 10.5 Å². The van der Waals surface area contributed by atoms with Crippen molar-refractivity contribution in [1.29, 1.82) is 0 Å². The molecular formula is C16H6Br4Cl2O6. The molecule has 0 atom stereocenters. The van der Waals surface area contributed by atoms with E-state index in [0.29, 0.717) is 8.95 Å². The molecule has 2 rings (SSSR count). The molecule has 0 saturated carbocycles. The molecule has 2 N–H and O–H groups in total. The van der Waals surface area contributed by atoms with E-state index < -0.39 is 22.4 Å². The van der Waals surface area contributed by atoms with Gasteiger partial charge in [-0.3, -0.25) is 9.59 Å². The molecule has 0 fully saturated rings. The number of carboxylic acids is 2. The minimum Gasteiger partial charge on any atom is -0.478 e. The SMILES string of the molecule is O=C(Cl)c1cc(Br)c(C(=O)Cl)cc1Br.O=C(O)c1cc(Br)c(C(=O)O)cc1Br. The van der Waals surface area contributed by atoms with E-state index in [9.17, 15) is 19.2 Å². The summed E-state index contributed by atoms with van der Waals surface area (Å²) in [5.74, 6) is -2.23. The third-order valence-electron chi connectivity index (χ3n) is 3.00. The van der Waals surface area contributed by atoms with Gasteiger partial charge >= 0.3 is 11.9 Å². The number of carbonyl (C=O) groups is 4. The van der Waals surface area contributed by atoms with E-state index >= 15 is 0 Å². The number of benzene rings is 2. The van der Waals surface area contributed by atoms with E-state index in [1.165, 1.54) is 24.3 Å². The van der Waals surface area contributed by atoms with Gasteiger partial charge in [0, 0.05) is 29.0 Å². The average Bonchev–Trinajstić information content (AvgIpc) is 2.57. The van der Waals surface area contributed by atoms with E-state index in [0.717, 1.165) is 0 Å². The molecule has 28 heavy (non-hydrogen) atoms. The van der Waals surface area contributed by atoms with E-state index in [1.807, 2.05) is 0 Å². The Morgan fingerprint density at radius 1 is 0.571 bits per heavy atom. The minimum atomic E-state index is -1.12. The molecule has 0 heterocycles. The van der Waals surface area contributed by atoms with Crippen LogP contribution in [-0.4, -0.2) is 32.6 Å². The summed E-state index contributed by atoms with van der Waals surface area (Å²) in [7, 11) is 0. The molecule has 2 aromatic carbocycles. The Labute approximate surface area is 201 Å².